The lowest BCUT2D eigenvalue weighted by molar-refractivity contribution is -0.120. The molecule has 0 aliphatic heterocycles. The van der Waals surface area contributed by atoms with Crippen LogP contribution < -0.4 is 10.6 Å². The van der Waals surface area contributed by atoms with Gasteiger partial charge in [-0.2, -0.15) is 0 Å². The van der Waals surface area contributed by atoms with Crippen LogP contribution in [0.3, 0.4) is 0 Å². The number of hydrogen-bond donors (Lipinski definition) is 2. The summed E-state index contributed by atoms with van der Waals surface area (Å²) >= 11 is 5.76. The Morgan fingerprint density at radius 3 is 2.47 bits per heavy atom. The molecular formula is C12H18Cl2N2O. The van der Waals surface area contributed by atoms with E-state index in [-0.39, 0.29) is 18.3 Å². The van der Waals surface area contributed by atoms with Crippen LogP contribution in [0.4, 0.5) is 0 Å². The monoisotopic (exact) mass is 276 g/mol. The van der Waals surface area contributed by atoms with E-state index in [9.17, 15) is 4.79 Å². The van der Waals surface area contributed by atoms with Crippen molar-refractivity contribution in [2.24, 2.45) is 0 Å². The molecule has 0 fully saturated rings. The molecule has 1 rings (SSSR count). The maximum absolute atomic E-state index is 11.5. The second-order valence-electron chi connectivity index (χ2n) is 3.61. The van der Waals surface area contributed by atoms with Crippen molar-refractivity contribution in [3.63, 3.8) is 0 Å². The third-order valence-corrected chi connectivity index (χ3v) is 2.46. The summed E-state index contributed by atoms with van der Waals surface area (Å²) in [6.07, 6.45) is 1.36. The summed E-state index contributed by atoms with van der Waals surface area (Å²) in [7, 11) is 1.90. The summed E-state index contributed by atoms with van der Waals surface area (Å²) in [6, 6.07) is 7.33. The van der Waals surface area contributed by atoms with E-state index >= 15 is 0 Å². The van der Waals surface area contributed by atoms with Crippen molar-refractivity contribution in [1.82, 2.24) is 10.6 Å². The van der Waals surface area contributed by atoms with Gasteiger partial charge in [0.25, 0.3) is 0 Å². The molecule has 3 nitrogen and oxygen atoms in total. The van der Waals surface area contributed by atoms with Crippen LogP contribution >= 0.6 is 24.0 Å². The van der Waals surface area contributed by atoms with Crippen molar-refractivity contribution in [3.05, 3.63) is 34.9 Å². The normalized spacial score (nSPS) is 9.53. The highest BCUT2D eigenvalue weighted by molar-refractivity contribution is 6.30. The lowest BCUT2D eigenvalue weighted by atomic mass is 10.1. The number of carbonyl (C=O) groups is 1. The molecule has 1 amide bonds. The standard InChI is InChI=1S/C12H17ClN2O.ClH/c1-14-7-2-8-15-12(16)9-10-3-5-11(13)6-4-10;/h3-6,14H,2,7-9H2,1H3,(H,15,16);1H. The van der Waals surface area contributed by atoms with E-state index in [4.69, 9.17) is 11.6 Å². The number of nitrogens with one attached hydrogen (secondary N) is 2. The van der Waals surface area contributed by atoms with Crippen LogP contribution in [0.5, 0.6) is 0 Å². The summed E-state index contributed by atoms with van der Waals surface area (Å²) in [6.45, 7) is 1.63. The molecule has 0 aromatic heterocycles. The van der Waals surface area contributed by atoms with Gasteiger partial charge in [0.15, 0.2) is 0 Å². The van der Waals surface area contributed by atoms with Crippen molar-refractivity contribution in [1.29, 1.82) is 0 Å². The van der Waals surface area contributed by atoms with E-state index in [0.717, 1.165) is 18.5 Å². The third kappa shape index (κ3) is 7.21. The molecule has 1 aromatic rings. The minimum atomic E-state index is 0. The quantitative estimate of drug-likeness (QED) is 0.781. The van der Waals surface area contributed by atoms with Gasteiger partial charge in [0.2, 0.25) is 5.91 Å². The molecule has 1 aromatic carbocycles. The van der Waals surface area contributed by atoms with Crippen LogP contribution in [0, 0.1) is 0 Å². The second kappa shape index (κ2) is 9.28. The SMILES string of the molecule is CNCCCNC(=O)Cc1ccc(Cl)cc1.Cl. The summed E-state index contributed by atoms with van der Waals surface area (Å²) in [5, 5.41) is 6.59. The molecule has 0 heterocycles. The van der Waals surface area contributed by atoms with Crippen LogP contribution in [0.15, 0.2) is 24.3 Å². The zero-order valence-corrected chi connectivity index (χ0v) is 11.4. The first kappa shape index (κ1) is 16.2. The van der Waals surface area contributed by atoms with Gasteiger partial charge < -0.3 is 10.6 Å². The molecule has 0 unspecified atom stereocenters. The van der Waals surface area contributed by atoms with Crippen LogP contribution in [0.2, 0.25) is 5.02 Å². The highest BCUT2D eigenvalue weighted by Crippen LogP contribution is 2.09. The number of carbonyl (C=O) groups excluding carboxylic acids is 1. The summed E-state index contributed by atoms with van der Waals surface area (Å²) in [5.41, 5.74) is 0.982. The molecular weight excluding hydrogens is 259 g/mol. The van der Waals surface area contributed by atoms with Crippen LogP contribution in [0.1, 0.15) is 12.0 Å². The van der Waals surface area contributed by atoms with E-state index in [2.05, 4.69) is 10.6 Å². The van der Waals surface area contributed by atoms with Crippen LogP contribution in [-0.2, 0) is 11.2 Å². The Kier molecular flexibility index (Phi) is 8.86. The molecule has 0 saturated carbocycles. The summed E-state index contributed by atoms with van der Waals surface area (Å²) in [5.74, 6) is 0.0541. The number of halogens is 2. The zero-order valence-electron chi connectivity index (χ0n) is 9.83. The van der Waals surface area contributed by atoms with Gasteiger partial charge >= 0.3 is 0 Å². The van der Waals surface area contributed by atoms with E-state index in [0.29, 0.717) is 18.0 Å². The predicted octanol–water partition coefficient (Wildman–Crippen LogP) is 2.03. The second-order valence-corrected chi connectivity index (χ2v) is 4.05. The average molecular weight is 277 g/mol. The Bertz CT molecular complexity index is 328. The highest BCUT2D eigenvalue weighted by Gasteiger charge is 2.02. The largest absolute Gasteiger partial charge is 0.356 e. The van der Waals surface area contributed by atoms with Gasteiger partial charge in [-0.3, -0.25) is 4.79 Å². The van der Waals surface area contributed by atoms with Gasteiger partial charge in [-0.25, -0.2) is 0 Å². The van der Waals surface area contributed by atoms with Crippen molar-refractivity contribution in [2.75, 3.05) is 20.1 Å². The Morgan fingerprint density at radius 2 is 1.88 bits per heavy atom. The minimum Gasteiger partial charge on any atom is -0.356 e. The molecule has 0 saturated heterocycles. The van der Waals surface area contributed by atoms with Crippen molar-refractivity contribution < 1.29 is 4.79 Å². The zero-order chi connectivity index (χ0) is 11.8. The fourth-order valence-corrected chi connectivity index (χ4v) is 1.47. The molecule has 0 spiro atoms. The van der Waals surface area contributed by atoms with Gasteiger partial charge in [0.1, 0.15) is 0 Å². The fourth-order valence-electron chi connectivity index (χ4n) is 1.34. The van der Waals surface area contributed by atoms with E-state index in [1.807, 2.05) is 19.2 Å². The third-order valence-electron chi connectivity index (χ3n) is 2.20. The Morgan fingerprint density at radius 1 is 1.24 bits per heavy atom. The van der Waals surface area contributed by atoms with Gasteiger partial charge in [-0.05, 0) is 37.7 Å². The molecule has 2 N–H and O–H groups in total. The fraction of sp³-hybridized carbons (Fsp3) is 0.417. The summed E-state index contributed by atoms with van der Waals surface area (Å²) in [4.78, 5) is 11.5. The molecule has 0 radical (unpaired) electrons. The lowest BCUT2D eigenvalue weighted by Gasteiger charge is -2.05. The van der Waals surface area contributed by atoms with Gasteiger partial charge in [-0.15, -0.1) is 12.4 Å². The molecule has 96 valence electrons. The smallest absolute Gasteiger partial charge is 0.224 e. The number of rotatable bonds is 6. The maximum atomic E-state index is 11.5. The highest BCUT2D eigenvalue weighted by atomic mass is 35.5. The molecule has 0 bridgehead atoms. The van der Waals surface area contributed by atoms with Gasteiger partial charge in [-0.1, -0.05) is 23.7 Å². The van der Waals surface area contributed by atoms with Crippen molar-refractivity contribution in [2.45, 2.75) is 12.8 Å². The molecule has 0 atom stereocenters. The lowest BCUT2D eigenvalue weighted by Crippen LogP contribution is -2.27. The first-order valence-electron chi connectivity index (χ1n) is 5.38. The van der Waals surface area contributed by atoms with Crippen molar-refractivity contribution >= 4 is 29.9 Å². The van der Waals surface area contributed by atoms with Gasteiger partial charge in [0, 0.05) is 11.6 Å². The Hall–Kier alpha value is -0.770. The minimum absolute atomic E-state index is 0. The summed E-state index contributed by atoms with van der Waals surface area (Å²) < 4.78 is 0. The maximum Gasteiger partial charge on any atom is 0.224 e. The predicted molar refractivity (Wildman–Crippen MR) is 74.0 cm³/mol. The van der Waals surface area contributed by atoms with Crippen LogP contribution in [-0.4, -0.2) is 26.0 Å². The average Bonchev–Trinajstić information content (AvgIpc) is 2.28. The first-order valence-corrected chi connectivity index (χ1v) is 5.76. The van der Waals surface area contributed by atoms with E-state index < -0.39 is 0 Å². The Balaban J connectivity index is 0.00000256. The number of hydrogen-bond acceptors (Lipinski definition) is 2. The van der Waals surface area contributed by atoms with Gasteiger partial charge in [0.05, 0.1) is 6.42 Å². The van der Waals surface area contributed by atoms with E-state index in [1.54, 1.807) is 12.1 Å². The number of amides is 1. The number of benzene rings is 1. The molecule has 17 heavy (non-hydrogen) atoms. The van der Waals surface area contributed by atoms with E-state index in [1.165, 1.54) is 0 Å². The molecule has 5 heteroatoms. The molecule has 0 aliphatic carbocycles. The first-order chi connectivity index (χ1) is 7.72. The Labute approximate surface area is 113 Å². The van der Waals surface area contributed by atoms with Crippen molar-refractivity contribution in [3.8, 4) is 0 Å². The molecule has 0 aliphatic rings. The topological polar surface area (TPSA) is 41.1 Å². The van der Waals surface area contributed by atoms with Crippen LogP contribution in [0.25, 0.3) is 0 Å².